The standard InChI is InChI=1S/C16H26N2O2/c1-12(16(2,3)4)10-18-15(19)11-20-14-7-5-13(9-17)6-8-14/h5-8,12H,9-11,17H2,1-4H3,(H,18,19). The lowest BCUT2D eigenvalue weighted by molar-refractivity contribution is -0.123. The summed E-state index contributed by atoms with van der Waals surface area (Å²) in [5.74, 6) is 1.00. The SMILES string of the molecule is CC(CNC(=O)COc1ccc(CN)cc1)C(C)(C)C. The fourth-order valence-electron chi connectivity index (χ4n) is 1.49. The maximum absolute atomic E-state index is 11.7. The first-order chi connectivity index (χ1) is 9.32. The zero-order chi connectivity index (χ0) is 15.2. The topological polar surface area (TPSA) is 64.3 Å². The van der Waals surface area contributed by atoms with Gasteiger partial charge >= 0.3 is 0 Å². The Morgan fingerprint density at radius 3 is 2.40 bits per heavy atom. The summed E-state index contributed by atoms with van der Waals surface area (Å²) < 4.78 is 5.43. The van der Waals surface area contributed by atoms with Crippen molar-refractivity contribution >= 4 is 5.91 Å². The van der Waals surface area contributed by atoms with Gasteiger partial charge < -0.3 is 15.8 Å². The molecule has 0 saturated carbocycles. The maximum Gasteiger partial charge on any atom is 0.257 e. The summed E-state index contributed by atoms with van der Waals surface area (Å²) >= 11 is 0. The average Bonchev–Trinajstić information content (AvgIpc) is 2.41. The van der Waals surface area contributed by atoms with E-state index in [0.29, 0.717) is 24.8 Å². The molecule has 0 heterocycles. The molecule has 0 aliphatic rings. The van der Waals surface area contributed by atoms with E-state index in [1.54, 1.807) is 0 Å². The van der Waals surface area contributed by atoms with Gasteiger partial charge in [-0.1, -0.05) is 39.8 Å². The van der Waals surface area contributed by atoms with Gasteiger partial charge in [0.1, 0.15) is 5.75 Å². The third-order valence-corrected chi connectivity index (χ3v) is 3.61. The molecule has 20 heavy (non-hydrogen) atoms. The van der Waals surface area contributed by atoms with Gasteiger partial charge in [-0.2, -0.15) is 0 Å². The second-order valence-corrected chi connectivity index (χ2v) is 6.21. The Kier molecular flexibility index (Phi) is 6.02. The van der Waals surface area contributed by atoms with E-state index in [1.165, 1.54) is 0 Å². The number of ether oxygens (including phenoxy) is 1. The molecule has 0 saturated heterocycles. The molecule has 1 aromatic carbocycles. The molecule has 1 atom stereocenters. The summed E-state index contributed by atoms with van der Waals surface area (Å²) in [6.07, 6.45) is 0. The molecular formula is C16H26N2O2. The Balaban J connectivity index is 2.32. The number of hydrogen-bond donors (Lipinski definition) is 2. The number of rotatable bonds is 6. The second kappa shape index (κ2) is 7.29. The smallest absolute Gasteiger partial charge is 0.257 e. The van der Waals surface area contributed by atoms with Crippen LogP contribution in [0.3, 0.4) is 0 Å². The molecule has 3 N–H and O–H groups in total. The predicted octanol–water partition coefficient (Wildman–Crippen LogP) is 2.32. The van der Waals surface area contributed by atoms with E-state index in [-0.39, 0.29) is 17.9 Å². The number of carbonyl (C=O) groups is 1. The van der Waals surface area contributed by atoms with Crippen molar-refractivity contribution in [2.75, 3.05) is 13.2 Å². The minimum Gasteiger partial charge on any atom is -0.484 e. The Morgan fingerprint density at radius 1 is 1.30 bits per heavy atom. The lowest BCUT2D eigenvalue weighted by Gasteiger charge is -2.27. The Hall–Kier alpha value is -1.55. The number of benzene rings is 1. The summed E-state index contributed by atoms with van der Waals surface area (Å²) in [5.41, 5.74) is 6.75. The van der Waals surface area contributed by atoms with Gasteiger partial charge in [0.15, 0.2) is 6.61 Å². The minimum absolute atomic E-state index is 0.0405. The lowest BCUT2D eigenvalue weighted by atomic mass is 9.82. The number of hydrogen-bond acceptors (Lipinski definition) is 3. The molecule has 0 aliphatic carbocycles. The summed E-state index contributed by atoms with van der Waals surface area (Å²) in [6, 6.07) is 7.45. The molecule has 0 radical (unpaired) electrons. The molecular weight excluding hydrogens is 252 g/mol. The highest BCUT2D eigenvalue weighted by Gasteiger charge is 2.20. The number of amides is 1. The van der Waals surface area contributed by atoms with Gasteiger partial charge in [-0.15, -0.1) is 0 Å². The van der Waals surface area contributed by atoms with E-state index >= 15 is 0 Å². The van der Waals surface area contributed by atoms with Crippen LogP contribution < -0.4 is 15.8 Å². The molecule has 1 amide bonds. The van der Waals surface area contributed by atoms with Crippen LogP contribution in [0.1, 0.15) is 33.3 Å². The van der Waals surface area contributed by atoms with Crippen molar-refractivity contribution in [3.63, 3.8) is 0 Å². The molecule has 0 fully saturated rings. The fraction of sp³-hybridized carbons (Fsp3) is 0.562. The van der Waals surface area contributed by atoms with Crippen LogP contribution >= 0.6 is 0 Å². The zero-order valence-electron chi connectivity index (χ0n) is 12.9. The largest absolute Gasteiger partial charge is 0.484 e. The third-order valence-electron chi connectivity index (χ3n) is 3.61. The molecule has 1 aromatic rings. The Morgan fingerprint density at radius 2 is 1.90 bits per heavy atom. The number of nitrogens with two attached hydrogens (primary N) is 1. The average molecular weight is 278 g/mol. The first kappa shape index (κ1) is 16.5. The van der Waals surface area contributed by atoms with E-state index in [9.17, 15) is 4.79 Å². The predicted molar refractivity (Wildman–Crippen MR) is 81.5 cm³/mol. The van der Waals surface area contributed by atoms with E-state index in [0.717, 1.165) is 5.56 Å². The monoisotopic (exact) mass is 278 g/mol. The van der Waals surface area contributed by atoms with Crippen molar-refractivity contribution < 1.29 is 9.53 Å². The molecule has 1 rings (SSSR count). The third kappa shape index (κ3) is 5.61. The van der Waals surface area contributed by atoms with Crippen molar-refractivity contribution in [3.8, 4) is 5.75 Å². The Labute approximate surface area is 121 Å². The van der Waals surface area contributed by atoms with E-state index in [1.807, 2.05) is 24.3 Å². The summed E-state index contributed by atoms with van der Waals surface area (Å²) in [5, 5.41) is 2.90. The van der Waals surface area contributed by atoms with E-state index in [2.05, 4.69) is 33.0 Å². The van der Waals surface area contributed by atoms with Crippen LogP contribution in [-0.4, -0.2) is 19.1 Å². The van der Waals surface area contributed by atoms with Gasteiger partial charge in [-0.25, -0.2) is 0 Å². The first-order valence-electron chi connectivity index (χ1n) is 7.01. The van der Waals surface area contributed by atoms with Crippen LogP contribution in [-0.2, 0) is 11.3 Å². The van der Waals surface area contributed by atoms with Crippen molar-refractivity contribution in [1.29, 1.82) is 0 Å². The van der Waals surface area contributed by atoms with Crippen molar-refractivity contribution in [1.82, 2.24) is 5.32 Å². The number of carbonyl (C=O) groups excluding carboxylic acids is 1. The summed E-state index contributed by atoms with van der Waals surface area (Å²) in [4.78, 5) is 11.7. The molecule has 1 unspecified atom stereocenters. The lowest BCUT2D eigenvalue weighted by Crippen LogP contribution is -2.36. The van der Waals surface area contributed by atoms with Gasteiger partial charge in [-0.05, 0) is 29.0 Å². The van der Waals surface area contributed by atoms with Gasteiger partial charge in [0.25, 0.3) is 5.91 Å². The first-order valence-corrected chi connectivity index (χ1v) is 7.01. The minimum atomic E-state index is -0.0935. The Bertz CT molecular complexity index is 421. The zero-order valence-corrected chi connectivity index (χ0v) is 12.9. The molecule has 0 bridgehead atoms. The molecule has 112 valence electrons. The quantitative estimate of drug-likeness (QED) is 0.839. The van der Waals surface area contributed by atoms with Gasteiger partial charge in [0.05, 0.1) is 0 Å². The molecule has 0 aliphatic heterocycles. The van der Waals surface area contributed by atoms with Gasteiger partial charge in [0, 0.05) is 13.1 Å². The molecule has 4 heteroatoms. The van der Waals surface area contributed by atoms with Gasteiger partial charge in [0.2, 0.25) is 0 Å². The summed E-state index contributed by atoms with van der Waals surface area (Å²) in [6.45, 7) is 9.84. The molecule has 0 aromatic heterocycles. The van der Waals surface area contributed by atoms with Crippen molar-refractivity contribution in [3.05, 3.63) is 29.8 Å². The highest BCUT2D eigenvalue weighted by atomic mass is 16.5. The number of nitrogens with one attached hydrogen (secondary N) is 1. The maximum atomic E-state index is 11.7. The van der Waals surface area contributed by atoms with Crippen LogP contribution in [0.25, 0.3) is 0 Å². The van der Waals surface area contributed by atoms with Crippen LogP contribution in [0.5, 0.6) is 5.75 Å². The second-order valence-electron chi connectivity index (χ2n) is 6.21. The van der Waals surface area contributed by atoms with Crippen molar-refractivity contribution in [2.45, 2.75) is 34.2 Å². The highest BCUT2D eigenvalue weighted by Crippen LogP contribution is 2.24. The molecule has 0 spiro atoms. The van der Waals surface area contributed by atoms with Crippen LogP contribution in [0.15, 0.2) is 24.3 Å². The van der Waals surface area contributed by atoms with E-state index < -0.39 is 0 Å². The molecule has 4 nitrogen and oxygen atoms in total. The fourth-order valence-corrected chi connectivity index (χ4v) is 1.49. The highest BCUT2D eigenvalue weighted by molar-refractivity contribution is 5.77. The van der Waals surface area contributed by atoms with Crippen LogP contribution in [0.4, 0.5) is 0 Å². The normalized spacial score (nSPS) is 12.8. The summed E-state index contributed by atoms with van der Waals surface area (Å²) in [7, 11) is 0. The van der Waals surface area contributed by atoms with Crippen LogP contribution in [0, 0.1) is 11.3 Å². The van der Waals surface area contributed by atoms with Crippen LogP contribution in [0.2, 0.25) is 0 Å². The van der Waals surface area contributed by atoms with Crippen molar-refractivity contribution in [2.24, 2.45) is 17.1 Å². The van der Waals surface area contributed by atoms with E-state index in [4.69, 9.17) is 10.5 Å². The van der Waals surface area contributed by atoms with Gasteiger partial charge in [-0.3, -0.25) is 4.79 Å².